The first-order valence-corrected chi connectivity index (χ1v) is 11.1. The second kappa shape index (κ2) is 8.55. The molecule has 0 unspecified atom stereocenters. The summed E-state index contributed by atoms with van der Waals surface area (Å²) in [4.78, 5) is 13.8. The Bertz CT molecular complexity index is 793. The number of halogens is 2. The molecule has 1 saturated heterocycles. The number of sulfonamides is 1. The van der Waals surface area contributed by atoms with Crippen LogP contribution in [0.3, 0.4) is 0 Å². The lowest BCUT2D eigenvalue weighted by molar-refractivity contribution is 0.0173. The van der Waals surface area contributed by atoms with Crippen LogP contribution in [0.15, 0.2) is 18.2 Å². The second-order valence-electron chi connectivity index (χ2n) is 7.75. The lowest BCUT2D eigenvalue weighted by atomic mass is 10.1. The highest BCUT2D eigenvalue weighted by Gasteiger charge is 2.33. The molecule has 1 fully saturated rings. The Morgan fingerprint density at radius 3 is 2.56 bits per heavy atom. The monoisotopic (exact) mass is 436 g/mol. The Morgan fingerprint density at radius 1 is 1.30 bits per heavy atom. The predicted octanol–water partition coefficient (Wildman–Crippen LogP) is 4.15. The molecule has 9 heteroatoms. The minimum absolute atomic E-state index is 0.160. The Hall–Kier alpha value is -1.02. The molecule has 0 spiro atoms. The molecule has 1 aliphatic rings. The van der Waals surface area contributed by atoms with Gasteiger partial charge in [-0.2, -0.15) is 4.31 Å². The van der Waals surface area contributed by atoms with Crippen LogP contribution in [0, 0.1) is 0 Å². The number of rotatable bonds is 4. The van der Waals surface area contributed by atoms with Gasteiger partial charge in [0.05, 0.1) is 15.8 Å². The fourth-order valence-corrected chi connectivity index (χ4v) is 4.81. The maximum atomic E-state index is 12.8. The van der Waals surface area contributed by atoms with Gasteiger partial charge in [0.15, 0.2) is 0 Å². The first-order valence-electron chi connectivity index (χ1n) is 8.76. The van der Waals surface area contributed by atoms with Gasteiger partial charge in [0, 0.05) is 26.2 Å². The Balaban J connectivity index is 2.07. The van der Waals surface area contributed by atoms with E-state index in [9.17, 15) is 13.2 Å². The highest BCUT2D eigenvalue weighted by atomic mass is 35.5. The maximum Gasteiger partial charge on any atom is 0.410 e. The minimum atomic E-state index is -3.54. The van der Waals surface area contributed by atoms with Crippen molar-refractivity contribution in [2.45, 2.75) is 51.0 Å². The Morgan fingerprint density at radius 2 is 1.96 bits per heavy atom. The lowest BCUT2D eigenvalue weighted by Gasteiger charge is -2.37. The fraction of sp³-hybridized carbons (Fsp3) is 0.611. The summed E-state index contributed by atoms with van der Waals surface area (Å²) in [7, 11) is -1.89. The fourth-order valence-electron chi connectivity index (χ4n) is 2.90. The summed E-state index contributed by atoms with van der Waals surface area (Å²) in [6.07, 6.45) is 0.962. The van der Waals surface area contributed by atoms with Crippen molar-refractivity contribution in [2.24, 2.45) is 0 Å². The normalized spacial score (nSPS) is 19.0. The summed E-state index contributed by atoms with van der Waals surface area (Å²) in [5, 5.41) is 0.709. The molecule has 1 atom stereocenters. The molecule has 1 heterocycles. The zero-order valence-corrected chi connectivity index (χ0v) is 18.4. The van der Waals surface area contributed by atoms with Gasteiger partial charge in [-0.3, -0.25) is 0 Å². The van der Waals surface area contributed by atoms with Gasteiger partial charge in [0.25, 0.3) is 0 Å². The number of likely N-dealkylation sites (N-methyl/N-ethyl adjacent to an activating group) is 1. The van der Waals surface area contributed by atoms with E-state index in [-0.39, 0.29) is 18.3 Å². The van der Waals surface area contributed by atoms with E-state index in [1.54, 1.807) is 46.0 Å². The number of carbonyl (C=O) groups excluding carboxylic acids is 1. The van der Waals surface area contributed by atoms with E-state index in [0.717, 1.165) is 6.42 Å². The molecule has 1 aromatic rings. The summed E-state index contributed by atoms with van der Waals surface area (Å²) in [5.74, 6) is -0.160. The van der Waals surface area contributed by atoms with Gasteiger partial charge in [-0.15, -0.1) is 0 Å². The molecule has 0 aliphatic carbocycles. The standard InChI is InChI=1S/C18H26Cl2N2O4S/c1-18(2,3)26-17(23)21(4)14-6-5-9-22(11-14)27(24,25)12-13-7-8-15(19)16(20)10-13/h7-8,10,14H,5-6,9,11-12H2,1-4H3/t14-/m1/s1. The van der Waals surface area contributed by atoms with Crippen LogP contribution in [0.5, 0.6) is 0 Å². The van der Waals surface area contributed by atoms with Crippen molar-refractivity contribution in [3.63, 3.8) is 0 Å². The molecule has 2 rings (SSSR count). The number of amides is 1. The highest BCUT2D eigenvalue weighted by Crippen LogP contribution is 2.26. The van der Waals surface area contributed by atoms with E-state index in [0.29, 0.717) is 28.6 Å². The van der Waals surface area contributed by atoms with E-state index in [4.69, 9.17) is 27.9 Å². The van der Waals surface area contributed by atoms with Gasteiger partial charge in [-0.05, 0) is 51.3 Å². The molecule has 1 aliphatic heterocycles. The zero-order chi connectivity index (χ0) is 20.4. The number of ether oxygens (including phenoxy) is 1. The first-order chi connectivity index (χ1) is 12.4. The average Bonchev–Trinajstić information content (AvgIpc) is 2.56. The van der Waals surface area contributed by atoms with Gasteiger partial charge in [-0.25, -0.2) is 13.2 Å². The van der Waals surface area contributed by atoms with E-state index in [1.807, 2.05) is 0 Å². The van der Waals surface area contributed by atoms with Crippen molar-refractivity contribution < 1.29 is 17.9 Å². The molecule has 6 nitrogen and oxygen atoms in total. The van der Waals surface area contributed by atoms with Gasteiger partial charge in [0.1, 0.15) is 5.60 Å². The van der Waals surface area contributed by atoms with Crippen LogP contribution in [0.1, 0.15) is 39.2 Å². The second-order valence-corrected chi connectivity index (χ2v) is 10.5. The number of hydrogen-bond donors (Lipinski definition) is 0. The predicted molar refractivity (Wildman–Crippen MR) is 108 cm³/mol. The SMILES string of the molecule is CN(C(=O)OC(C)(C)C)[C@@H]1CCCN(S(=O)(=O)Cc2ccc(Cl)c(Cl)c2)C1. The van der Waals surface area contributed by atoms with E-state index in [2.05, 4.69) is 0 Å². The average molecular weight is 437 g/mol. The van der Waals surface area contributed by atoms with Crippen LogP contribution in [0.25, 0.3) is 0 Å². The van der Waals surface area contributed by atoms with Crippen molar-refractivity contribution in [3.05, 3.63) is 33.8 Å². The summed E-state index contributed by atoms with van der Waals surface area (Å²) in [6, 6.07) is 4.58. The van der Waals surface area contributed by atoms with Gasteiger partial charge < -0.3 is 9.64 Å². The smallest absolute Gasteiger partial charge is 0.410 e. The third kappa shape index (κ3) is 6.24. The topological polar surface area (TPSA) is 66.9 Å². The zero-order valence-electron chi connectivity index (χ0n) is 16.0. The summed E-state index contributed by atoms with van der Waals surface area (Å²) in [5.41, 5.74) is -0.0216. The number of benzene rings is 1. The van der Waals surface area contributed by atoms with Gasteiger partial charge in [0.2, 0.25) is 10.0 Å². The van der Waals surface area contributed by atoms with Crippen molar-refractivity contribution >= 4 is 39.3 Å². The number of hydrogen-bond acceptors (Lipinski definition) is 4. The van der Waals surface area contributed by atoms with Crippen molar-refractivity contribution in [1.82, 2.24) is 9.21 Å². The van der Waals surface area contributed by atoms with Gasteiger partial charge >= 0.3 is 6.09 Å². The molecule has 0 aromatic heterocycles. The molecule has 0 N–H and O–H groups in total. The van der Waals surface area contributed by atoms with E-state index >= 15 is 0 Å². The summed E-state index contributed by atoms with van der Waals surface area (Å²) in [6.45, 7) is 6.08. The van der Waals surface area contributed by atoms with Crippen LogP contribution in [-0.2, 0) is 20.5 Å². The van der Waals surface area contributed by atoms with Crippen LogP contribution in [0.4, 0.5) is 4.79 Å². The molecule has 152 valence electrons. The third-order valence-corrected chi connectivity index (χ3v) is 6.87. The van der Waals surface area contributed by atoms with Crippen molar-refractivity contribution in [1.29, 1.82) is 0 Å². The Labute approximate surface area is 171 Å². The minimum Gasteiger partial charge on any atom is -0.444 e. The van der Waals surface area contributed by atoms with Crippen molar-refractivity contribution in [3.8, 4) is 0 Å². The van der Waals surface area contributed by atoms with Crippen LogP contribution in [0.2, 0.25) is 10.0 Å². The summed E-state index contributed by atoms with van der Waals surface area (Å²) < 4.78 is 32.5. The molecule has 27 heavy (non-hydrogen) atoms. The van der Waals surface area contributed by atoms with E-state index in [1.165, 1.54) is 9.21 Å². The van der Waals surface area contributed by atoms with Crippen LogP contribution >= 0.6 is 23.2 Å². The first kappa shape index (κ1) is 22.3. The Kier molecular flexibility index (Phi) is 7.06. The quantitative estimate of drug-likeness (QED) is 0.710. The van der Waals surface area contributed by atoms with E-state index < -0.39 is 21.7 Å². The molecule has 0 saturated carbocycles. The number of piperidine rings is 1. The lowest BCUT2D eigenvalue weighted by Crippen LogP contribution is -2.51. The molecule has 1 amide bonds. The third-order valence-electron chi connectivity index (χ3n) is 4.31. The van der Waals surface area contributed by atoms with Gasteiger partial charge in [-0.1, -0.05) is 29.3 Å². The number of nitrogens with zero attached hydrogens (tertiary/aromatic N) is 2. The molecular formula is C18H26Cl2N2O4S. The summed E-state index contributed by atoms with van der Waals surface area (Å²) >= 11 is 11.9. The largest absolute Gasteiger partial charge is 0.444 e. The molecule has 0 radical (unpaired) electrons. The molecular weight excluding hydrogens is 411 g/mol. The highest BCUT2D eigenvalue weighted by molar-refractivity contribution is 7.88. The number of carbonyl (C=O) groups is 1. The van der Waals surface area contributed by atoms with Crippen LogP contribution < -0.4 is 0 Å². The maximum absolute atomic E-state index is 12.8. The molecule has 1 aromatic carbocycles. The van der Waals surface area contributed by atoms with Crippen LogP contribution in [-0.4, -0.2) is 55.5 Å². The van der Waals surface area contributed by atoms with Crippen molar-refractivity contribution in [2.75, 3.05) is 20.1 Å². The molecule has 0 bridgehead atoms.